The van der Waals surface area contributed by atoms with Crippen LogP contribution in [-0.2, 0) is 9.59 Å². The van der Waals surface area contributed by atoms with E-state index in [0.717, 1.165) is 26.1 Å². The van der Waals surface area contributed by atoms with Crippen LogP contribution in [0.1, 0.15) is 38.5 Å². The lowest BCUT2D eigenvalue weighted by Gasteiger charge is -2.26. The molecule has 1 unspecified atom stereocenters. The lowest BCUT2D eigenvalue weighted by Crippen LogP contribution is -2.46. The lowest BCUT2D eigenvalue weighted by molar-refractivity contribution is -0.135. The highest BCUT2D eigenvalue weighted by molar-refractivity contribution is 5.89. The molecule has 3 N–H and O–H groups in total. The van der Waals surface area contributed by atoms with Crippen molar-refractivity contribution in [2.75, 3.05) is 26.2 Å². The zero-order chi connectivity index (χ0) is 14.0. The van der Waals surface area contributed by atoms with E-state index in [0.29, 0.717) is 24.8 Å². The summed E-state index contributed by atoms with van der Waals surface area (Å²) in [7, 11) is 0. The van der Waals surface area contributed by atoms with Gasteiger partial charge >= 0.3 is 0 Å². The van der Waals surface area contributed by atoms with E-state index in [-0.39, 0.29) is 11.8 Å². The molecular formula is C15H25N3O2. The first kappa shape index (κ1) is 13.9. The zero-order valence-corrected chi connectivity index (χ0v) is 12.0. The number of hydrogen-bond acceptors (Lipinski definition) is 3. The number of nitrogens with one attached hydrogen (secondary N) is 3. The molecule has 5 nitrogen and oxygen atoms in total. The van der Waals surface area contributed by atoms with Gasteiger partial charge < -0.3 is 16.0 Å². The van der Waals surface area contributed by atoms with Crippen LogP contribution >= 0.6 is 0 Å². The SMILES string of the molecule is O=C(CC1(C(=O)NCC2CC2)CCNC1)NCC1CC1. The molecule has 0 bridgehead atoms. The first-order chi connectivity index (χ1) is 9.68. The van der Waals surface area contributed by atoms with E-state index in [1.807, 2.05) is 0 Å². The molecule has 1 aliphatic heterocycles. The maximum atomic E-state index is 12.5. The van der Waals surface area contributed by atoms with Crippen LogP contribution in [0, 0.1) is 17.3 Å². The molecule has 5 heteroatoms. The summed E-state index contributed by atoms with van der Waals surface area (Å²) in [5, 5.41) is 9.27. The molecule has 1 atom stereocenters. The summed E-state index contributed by atoms with van der Waals surface area (Å²) in [6.45, 7) is 3.02. The van der Waals surface area contributed by atoms with Crippen LogP contribution in [0.2, 0.25) is 0 Å². The van der Waals surface area contributed by atoms with Gasteiger partial charge in [0.2, 0.25) is 11.8 Å². The van der Waals surface area contributed by atoms with Gasteiger partial charge in [-0.05, 0) is 50.5 Å². The van der Waals surface area contributed by atoms with E-state index in [2.05, 4.69) is 16.0 Å². The highest BCUT2D eigenvalue weighted by atomic mass is 16.2. The van der Waals surface area contributed by atoms with E-state index in [9.17, 15) is 9.59 Å². The van der Waals surface area contributed by atoms with Gasteiger partial charge in [0.1, 0.15) is 0 Å². The Morgan fingerprint density at radius 3 is 2.25 bits per heavy atom. The van der Waals surface area contributed by atoms with Gasteiger partial charge in [-0.15, -0.1) is 0 Å². The fourth-order valence-electron chi connectivity index (χ4n) is 2.87. The molecule has 0 radical (unpaired) electrons. The summed E-state index contributed by atoms with van der Waals surface area (Å²) in [6.07, 6.45) is 6.01. The van der Waals surface area contributed by atoms with Crippen molar-refractivity contribution in [1.82, 2.24) is 16.0 Å². The van der Waals surface area contributed by atoms with Crippen molar-refractivity contribution in [3.05, 3.63) is 0 Å². The molecule has 0 aromatic heterocycles. The Hall–Kier alpha value is -1.10. The number of rotatable bonds is 7. The lowest BCUT2D eigenvalue weighted by atomic mass is 9.82. The number of hydrogen-bond donors (Lipinski definition) is 3. The second-order valence-corrected chi connectivity index (χ2v) is 6.78. The standard InChI is InChI=1S/C15H25N3O2/c19-13(17-8-11-1-2-11)7-15(5-6-16-10-15)14(20)18-9-12-3-4-12/h11-12,16H,1-10H2,(H,17,19)(H,18,20). The molecule has 2 amide bonds. The van der Waals surface area contributed by atoms with Gasteiger partial charge in [0.25, 0.3) is 0 Å². The van der Waals surface area contributed by atoms with Gasteiger partial charge in [-0.2, -0.15) is 0 Å². The Bertz CT molecular complexity index is 383. The smallest absolute Gasteiger partial charge is 0.228 e. The third kappa shape index (κ3) is 3.51. The monoisotopic (exact) mass is 279 g/mol. The molecule has 20 heavy (non-hydrogen) atoms. The molecule has 2 saturated carbocycles. The largest absolute Gasteiger partial charge is 0.356 e. The topological polar surface area (TPSA) is 70.2 Å². The predicted molar refractivity (Wildman–Crippen MR) is 76.0 cm³/mol. The van der Waals surface area contributed by atoms with Crippen molar-refractivity contribution >= 4 is 11.8 Å². The van der Waals surface area contributed by atoms with Crippen molar-refractivity contribution in [2.45, 2.75) is 38.5 Å². The van der Waals surface area contributed by atoms with Gasteiger partial charge in [-0.3, -0.25) is 9.59 Å². The predicted octanol–water partition coefficient (Wildman–Crippen LogP) is 0.409. The Balaban J connectivity index is 1.51. The quantitative estimate of drug-likeness (QED) is 0.632. The first-order valence-corrected chi connectivity index (χ1v) is 7.94. The zero-order valence-electron chi connectivity index (χ0n) is 12.0. The van der Waals surface area contributed by atoms with E-state index in [1.165, 1.54) is 25.7 Å². The van der Waals surface area contributed by atoms with Crippen LogP contribution in [0.25, 0.3) is 0 Å². The van der Waals surface area contributed by atoms with Gasteiger partial charge in [-0.1, -0.05) is 0 Å². The van der Waals surface area contributed by atoms with Gasteiger partial charge in [0, 0.05) is 26.1 Å². The molecule has 1 saturated heterocycles. The summed E-state index contributed by atoms with van der Waals surface area (Å²) >= 11 is 0. The minimum Gasteiger partial charge on any atom is -0.356 e. The summed E-state index contributed by atoms with van der Waals surface area (Å²) < 4.78 is 0. The van der Waals surface area contributed by atoms with E-state index < -0.39 is 5.41 Å². The van der Waals surface area contributed by atoms with Gasteiger partial charge in [-0.25, -0.2) is 0 Å². The van der Waals surface area contributed by atoms with E-state index in [4.69, 9.17) is 0 Å². The summed E-state index contributed by atoms with van der Waals surface area (Å²) in [5.74, 6) is 1.45. The Kier molecular flexibility index (Phi) is 3.96. The average molecular weight is 279 g/mol. The van der Waals surface area contributed by atoms with Crippen molar-refractivity contribution in [3.8, 4) is 0 Å². The summed E-state index contributed by atoms with van der Waals surface area (Å²) in [5.41, 5.74) is -0.525. The normalized spacial score (nSPS) is 29.2. The van der Waals surface area contributed by atoms with Crippen LogP contribution in [-0.4, -0.2) is 38.0 Å². The molecule has 0 aromatic carbocycles. The fourth-order valence-corrected chi connectivity index (χ4v) is 2.87. The Labute approximate surface area is 120 Å². The van der Waals surface area contributed by atoms with Crippen LogP contribution in [0.3, 0.4) is 0 Å². The van der Waals surface area contributed by atoms with Crippen LogP contribution in [0.5, 0.6) is 0 Å². The molecule has 2 aliphatic carbocycles. The minimum absolute atomic E-state index is 0.0298. The summed E-state index contributed by atoms with van der Waals surface area (Å²) in [4.78, 5) is 24.5. The minimum atomic E-state index is -0.525. The molecule has 3 fully saturated rings. The van der Waals surface area contributed by atoms with E-state index >= 15 is 0 Å². The molecular weight excluding hydrogens is 254 g/mol. The summed E-state index contributed by atoms with van der Waals surface area (Å²) in [6, 6.07) is 0. The second-order valence-electron chi connectivity index (χ2n) is 6.78. The maximum absolute atomic E-state index is 12.5. The molecule has 0 spiro atoms. The molecule has 1 heterocycles. The third-order valence-electron chi connectivity index (χ3n) is 4.76. The maximum Gasteiger partial charge on any atom is 0.228 e. The van der Waals surface area contributed by atoms with Gasteiger partial charge in [0.05, 0.1) is 5.41 Å². The van der Waals surface area contributed by atoms with E-state index in [1.54, 1.807) is 0 Å². The van der Waals surface area contributed by atoms with Crippen LogP contribution in [0.4, 0.5) is 0 Å². The Morgan fingerprint density at radius 1 is 1.05 bits per heavy atom. The highest BCUT2D eigenvalue weighted by Gasteiger charge is 2.43. The van der Waals surface area contributed by atoms with Crippen molar-refractivity contribution in [2.24, 2.45) is 17.3 Å². The molecule has 112 valence electrons. The molecule has 3 aliphatic rings. The average Bonchev–Trinajstić information content (AvgIpc) is 3.35. The molecule has 3 rings (SSSR count). The van der Waals surface area contributed by atoms with Crippen molar-refractivity contribution in [3.63, 3.8) is 0 Å². The second kappa shape index (κ2) is 5.72. The highest BCUT2D eigenvalue weighted by Crippen LogP contribution is 2.32. The Morgan fingerprint density at radius 2 is 1.70 bits per heavy atom. The van der Waals surface area contributed by atoms with Crippen LogP contribution < -0.4 is 16.0 Å². The fraction of sp³-hybridized carbons (Fsp3) is 0.867. The van der Waals surface area contributed by atoms with Gasteiger partial charge in [0.15, 0.2) is 0 Å². The number of amides is 2. The third-order valence-corrected chi connectivity index (χ3v) is 4.76. The molecule has 0 aromatic rings. The van der Waals surface area contributed by atoms with Crippen LogP contribution in [0.15, 0.2) is 0 Å². The van der Waals surface area contributed by atoms with Crippen molar-refractivity contribution in [1.29, 1.82) is 0 Å². The number of carbonyl (C=O) groups excluding carboxylic acids is 2. The first-order valence-electron chi connectivity index (χ1n) is 7.94. The van der Waals surface area contributed by atoms with Crippen molar-refractivity contribution < 1.29 is 9.59 Å². The number of carbonyl (C=O) groups is 2.